The summed E-state index contributed by atoms with van der Waals surface area (Å²) in [6.45, 7) is 7.82. The van der Waals surface area contributed by atoms with Crippen molar-refractivity contribution in [3.63, 3.8) is 0 Å². The van der Waals surface area contributed by atoms with Gasteiger partial charge in [-0.1, -0.05) is 11.6 Å². The molecule has 0 aliphatic carbocycles. The molecule has 0 radical (unpaired) electrons. The second kappa shape index (κ2) is 5.59. The molecule has 0 aromatic carbocycles. The Balaban J connectivity index is 2.69. The zero-order valence-electron chi connectivity index (χ0n) is 9.64. The van der Waals surface area contributed by atoms with Gasteiger partial charge in [-0.15, -0.1) is 16.1 Å². The molecule has 0 amide bonds. The van der Waals surface area contributed by atoms with Crippen molar-refractivity contribution in [3.05, 3.63) is 19.8 Å². The lowest BCUT2D eigenvalue weighted by Crippen LogP contribution is -2.40. The van der Waals surface area contributed by atoms with Crippen molar-refractivity contribution >= 4 is 50.2 Å². The molecule has 0 saturated heterocycles. The van der Waals surface area contributed by atoms with Crippen molar-refractivity contribution < 1.29 is 4.55 Å². The average Bonchev–Trinajstić information content (AvgIpc) is 2.45. The summed E-state index contributed by atoms with van der Waals surface area (Å²) in [5, 5.41) is 0.704. The maximum absolute atomic E-state index is 11.9. The van der Waals surface area contributed by atoms with E-state index in [4.69, 9.17) is 11.6 Å². The monoisotopic (exact) mass is 343 g/mol. The van der Waals surface area contributed by atoms with Gasteiger partial charge in [-0.2, -0.15) is 0 Å². The molecule has 92 valence electrons. The number of thiophene rings is 1. The maximum atomic E-state index is 11.9. The minimum atomic E-state index is -1.07. The van der Waals surface area contributed by atoms with Crippen LogP contribution in [0.4, 0.5) is 0 Å². The normalized spacial score (nSPS) is 16.2. The van der Waals surface area contributed by atoms with Crippen LogP contribution in [-0.2, 0) is 11.4 Å². The van der Waals surface area contributed by atoms with Gasteiger partial charge in [0.1, 0.15) is 4.75 Å². The van der Waals surface area contributed by atoms with E-state index in [0.717, 1.165) is 8.66 Å². The second-order valence-corrected chi connectivity index (χ2v) is 9.30. The van der Waals surface area contributed by atoms with Crippen molar-refractivity contribution in [3.8, 4) is 0 Å². The summed E-state index contributed by atoms with van der Waals surface area (Å²) in [4.78, 5) is 1.08. The van der Waals surface area contributed by atoms with Gasteiger partial charge >= 0.3 is 0 Å². The molecule has 2 nitrogen and oxygen atoms in total. The van der Waals surface area contributed by atoms with Crippen LogP contribution in [0.5, 0.6) is 0 Å². The third-order valence-electron chi connectivity index (χ3n) is 1.93. The summed E-state index contributed by atoms with van der Waals surface area (Å²) in [7, 11) is 0. The summed E-state index contributed by atoms with van der Waals surface area (Å²) in [5.41, 5.74) is 0. The molecule has 1 rings (SSSR count). The summed E-state index contributed by atoms with van der Waals surface area (Å²) in [5.74, 6) is 0. The van der Waals surface area contributed by atoms with E-state index in [9.17, 15) is 4.55 Å². The first-order valence-corrected chi connectivity index (χ1v) is 7.98. The Kier molecular flexibility index (Phi) is 5.17. The Morgan fingerprint density at radius 2 is 2.12 bits per heavy atom. The van der Waals surface area contributed by atoms with E-state index >= 15 is 0 Å². The van der Waals surface area contributed by atoms with Crippen molar-refractivity contribution in [1.29, 1.82) is 0 Å². The Labute approximate surface area is 117 Å². The zero-order valence-corrected chi connectivity index (χ0v) is 13.6. The Morgan fingerprint density at radius 1 is 1.56 bits per heavy atom. The maximum Gasteiger partial charge on any atom is 0.136 e. The molecule has 0 bridgehead atoms. The molecule has 1 aromatic heterocycles. The molecule has 0 spiro atoms. The van der Waals surface area contributed by atoms with Gasteiger partial charge in [0.05, 0.1) is 14.9 Å². The topological polar surface area (TPSA) is 35.1 Å². The number of rotatable bonds is 3. The average molecular weight is 345 g/mol. The lowest BCUT2D eigenvalue weighted by molar-refractivity contribution is 0.532. The Bertz CT molecular complexity index is 345. The van der Waals surface area contributed by atoms with Gasteiger partial charge in [0.15, 0.2) is 0 Å². The van der Waals surface area contributed by atoms with Gasteiger partial charge in [0.25, 0.3) is 0 Å². The predicted octanol–water partition coefficient (Wildman–Crippen LogP) is 4.28. The molecule has 0 aliphatic heterocycles. The van der Waals surface area contributed by atoms with E-state index in [2.05, 4.69) is 20.7 Å². The fourth-order valence-corrected chi connectivity index (χ4v) is 3.60. The van der Waals surface area contributed by atoms with Gasteiger partial charge in [0, 0.05) is 16.2 Å². The molecule has 1 heterocycles. The molecule has 2 unspecified atom stereocenters. The van der Waals surface area contributed by atoms with Crippen LogP contribution in [0.2, 0.25) is 5.02 Å². The molecular weight excluding hydrogens is 330 g/mol. The van der Waals surface area contributed by atoms with Crippen molar-refractivity contribution in [2.24, 2.45) is 0 Å². The van der Waals surface area contributed by atoms with E-state index < -0.39 is 11.4 Å². The van der Waals surface area contributed by atoms with E-state index in [1.807, 2.05) is 33.8 Å². The highest BCUT2D eigenvalue weighted by Crippen LogP contribution is 2.35. The highest BCUT2D eigenvalue weighted by atomic mass is 79.9. The van der Waals surface area contributed by atoms with Crippen LogP contribution in [0.3, 0.4) is 0 Å². The molecule has 0 aliphatic rings. The third-order valence-corrected chi connectivity index (χ3v) is 6.27. The molecule has 1 N–H and O–H groups in total. The number of halogens is 2. The van der Waals surface area contributed by atoms with Crippen LogP contribution in [0, 0.1) is 0 Å². The van der Waals surface area contributed by atoms with Gasteiger partial charge in [-0.05, 0) is 49.7 Å². The summed E-state index contributed by atoms with van der Waals surface area (Å²) >= 11 is 9.83. The summed E-state index contributed by atoms with van der Waals surface area (Å²) in [6, 6.07) is 1.93. The number of hydrogen-bond acceptors (Lipinski definition) is 3. The first-order chi connectivity index (χ1) is 7.21. The first kappa shape index (κ1) is 14.8. The molecule has 1 aromatic rings. The molecule has 0 fully saturated rings. The smallest absolute Gasteiger partial charge is 0.136 e. The number of hydrogen-bond donors (Lipinski definition) is 1. The first-order valence-electron chi connectivity index (χ1n) is 4.84. The van der Waals surface area contributed by atoms with Crippen LogP contribution in [0.1, 0.15) is 38.6 Å². The fraction of sp³-hybridized carbons (Fsp3) is 0.600. The highest BCUT2D eigenvalue weighted by molar-refractivity contribution is 9.11. The molecule has 6 heteroatoms. The Hall–Kier alpha value is 0.740. The molecule has 0 saturated carbocycles. The minimum Gasteiger partial charge on any atom is -0.598 e. The van der Waals surface area contributed by atoms with Gasteiger partial charge in [-0.25, -0.2) is 0 Å². The van der Waals surface area contributed by atoms with Crippen LogP contribution in [0.15, 0.2) is 9.85 Å². The largest absolute Gasteiger partial charge is 0.598 e. The molecule has 2 atom stereocenters. The van der Waals surface area contributed by atoms with Crippen LogP contribution >= 0.6 is 38.9 Å². The third kappa shape index (κ3) is 3.89. The van der Waals surface area contributed by atoms with Crippen LogP contribution < -0.4 is 4.72 Å². The standard InChI is InChI=1S/C10H15BrClNOS2/c1-6(13-16(14)10(2,3)4)8-5-7(12)9(11)15-8/h5-6,13H,1-4H3. The summed E-state index contributed by atoms with van der Waals surface area (Å²) in [6.07, 6.45) is 0. The number of nitrogens with one attached hydrogen (secondary N) is 1. The van der Waals surface area contributed by atoms with Crippen molar-refractivity contribution in [2.75, 3.05) is 0 Å². The van der Waals surface area contributed by atoms with Crippen molar-refractivity contribution in [2.45, 2.75) is 38.5 Å². The lowest BCUT2D eigenvalue weighted by atomic mass is 10.3. The second-order valence-electron chi connectivity index (χ2n) is 4.49. The zero-order chi connectivity index (χ0) is 12.5. The Morgan fingerprint density at radius 3 is 2.50 bits per heavy atom. The van der Waals surface area contributed by atoms with Gasteiger partial charge in [0.2, 0.25) is 0 Å². The van der Waals surface area contributed by atoms with E-state index in [-0.39, 0.29) is 10.8 Å². The highest BCUT2D eigenvalue weighted by Gasteiger charge is 2.28. The SMILES string of the molecule is CC(N[S+]([O-])C(C)(C)C)c1cc(Cl)c(Br)s1. The van der Waals surface area contributed by atoms with E-state index in [1.54, 1.807) is 11.3 Å². The lowest BCUT2D eigenvalue weighted by Gasteiger charge is -2.26. The van der Waals surface area contributed by atoms with E-state index in [0.29, 0.717) is 5.02 Å². The van der Waals surface area contributed by atoms with Crippen molar-refractivity contribution in [1.82, 2.24) is 4.72 Å². The minimum absolute atomic E-state index is 0.0360. The van der Waals surface area contributed by atoms with Gasteiger partial charge in [-0.3, -0.25) is 0 Å². The quantitative estimate of drug-likeness (QED) is 0.831. The van der Waals surface area contributed by atoms with E-state index in [1.165, 1.54) is 0 Å². The molecule has 16 heavy (non-hydrogen) atoms. The van der Waals surface area contributed by atoms with Crippen LogP contribution in [0.25, 0.3) is 0 Å². The van der Waals surface area contributed by atoms with Gasteiger partial charge < -0.3 is 4.55 Å². The summed E-state index contributed by atoms with van der Waals surface area (Å²) < 4.78 is 15.6. The molecular formula is C10H15BrClNOS2. The fourth-order valence-electron chi connectivity index (χ4n) is 0.972. The van der Waals surface area contributed by atoms with Crippen LogP contribution in [-0.4, -0.2) is 9.30 Å². The predicted molar refractivity (Wildman–Crippen MR) is 76.5 cm³/mol.